The van der Waals surface area contributed by atoms with Crippen molar-refractivity contribution in [1.82, 2.24) is 14.5 Å². The molecule has 0 aliphatic heterocycles. The van der Waals surface area contributed by atoms with Gasteiger partial charge in [-0.05, 0) is 43.3 Å². The molecule has 0 atom stereocenters. The maximum Gasteiger partial charge on any atom is 0.338 e. The Morgan fingerprint density at radius 3 is 2.78 bits per heavy atom. The van der Waals surface area contributed by atoms with Gasteiger partial charge in [0, 0.05) is 23.5 Å². The minimum atomic E-state index is -0.470. The molecule has 0 amide bonds. The van der Waals surface area contributed by atoms with E-state index >= 15 is 0 Å². The molecule has 0 saturated carbocycles. The Labute approximate surface area is 154 Å². The smallest absolute Gasteiger partial charge is 0.338 e. The van der Waals surface area contributed by atoms with Crippen LogP contribution in [0.3, 0.4) is 0 Å². The Kier molecular flexibility index (Phi) is 4.15. The van der Waals surface area contributed by atoms with Crippen LogP contribution in [0.5, 0.6) is 0 Å². The summed E-state index contributed by atoms with van der Waals surface area (Å²) in [4.78, 5) is 16.5. The van der Waals surface area contributed by atoms with Gasteiger partial charge >= 0.3 is 5.97 Å². The lowest BCUT2D eigenvalue weighted by Gasteiger charge is -2.04. The molecular weight excluding hydrogens is 344 g/mol. The number of fused-ring (bicyclic) bond motifs is 1. The summed E-state index contributed by atoms with van der Waals surface area (Å²) in [6.45, 7) is 1.76. The highest BCUT2D eigenvalue weighted by Gasteiger charge is 2.14. The van der Waals surface area contributed by atoms with Crippen LogP contribution >= 0.6 is 0 Å². The van der Waals surface area contributed by atoms with Gasteiger partial charge in [-0.1, -0.05) is 11.2 Å². The molecule has 4 aromatic rings. The maximum absolute atomic E-state index is 12.3. The van der Waals surface area contributed by atoms with E-state index in [4.69, 9.17) is 9.26 Å². The number of pyridine rings is 1. The summed E-state index contributed by atoms with van der Waals surface area (Å²) in [5, 5.41) is 13.1. The number of aryl methyl sites for hydroxylation is 1. The van der Waals surface area contributed by atoms with Crippen molar-refractivity contribution >= 4 is 11.5 Å². The first kappa shape index (κ1) is 16.5. The molecule has 0 unspecified atom stereocenters. The monoisotopic (exact) mass is 358 g/mol. The van der Waals surface area contributed by atoms with Crippen LogP contribution in [0, 0.1) is 18.3 Å². The summed E-state index contributed by atoms with van der Waals surface area (Å²) in [6, 6.07) is 14.5. The van der Waals surface area contributed by atoms with Gasteiger partial charge in [-0.15, -0.1) is 0 Å². The molecule has 0 aliphatic carbocycles. The van der Waals surface area contributed by atoms with Crippen LogP contribution in [0.25, 0.3) is 17.0 Å². The summed E-state index contributed by atoms with van der Waals surface area (Å²) in [6.07, 6.45) is 3.64. The number of ether oxygens (including phenoxy) is 1. The summed E-state index contributed by atoms with van der Waals surface area (Å²) >= 11 is 0. The van der Waals surface area contributed by atoms with Crippen LogP contribution in [0.1, 0.15) is 27.3 Å². The number of nitriles is 1. The number of carbonyl (C=O) groups excluding carboxylic acids is 1. The second-order valence-electron chi connectivity index (χ2n) is 5.93. The molecule has 0 saturated heterocycles. The Hall–Kier alpha value is -3.92. The fourth-order valence-electron chi connectivity index (χ4n) is 2.81. The molecular formula is C20H14N4O3. The third kappa shape index (κ3) is 3.16. The predicted octanol–water partition coefficient (Wildman–Crippen LogP) is 3.53. The predicted molar refractivity (Wildman–Crippen MR) is 95.7 cm³/mol. The molecule has 0 N–H and O–H groups in total. The Bertz CT molecular complexity index is 1170. The molecule has 7 nitrogen and oxygen atoms in total. The Balaban J connectivity index is 1.49. The molecule has 0 bridgehead atoms. The molecule has 132 valence electrons. The number of benzene rings is 1. The van der Waals surface area contributed by atoms with Gasteiger partial charge in [0.2, 0.25) is 0 Å². The molecule has 7 heteroatoms. The van der Waals surface area contributed by atoms with E-state index in [1.165, 1.54) is 0 Å². The average Bonchev–Trinajstić information content (AvgIpc) is 3.29. The summed E-state index contributed by atoms with van der Waals surface area (Å²) in [5.74, 6) is 0.468. The SMILES string of the molecule is Cc1noc(-c2ccc(C(=O)OCc3cn4ccccc4c3C#N)cc2)n1. The highest BCUT2D eigenvalue weighted by Crippen LogP contribution is 2.20. The summed E-state index contributed by atoms with van der Waals surface area (Å²) < 4.78 is 12.3. The third-order valence-electron chi connectivity index (χ3n) is 4.13. The number of carbonyl (C=O) groups is 1. The van der Waals surface area contributed by atoms with E-state index in [-0.39, 0.29) is 6.61 Å². The van der Waals surface area contributed by atoms with Crippen LogP contribution in [0.15, 0.2) is 59.4 Å². The molecule has 0 fully saturated rings. The van der Waals surface area contributed by atoms with Crippen molar-refractivity contribution in [2.75, 3.05) is 0 Å². The first-order valence-electron chi connectivity index (χ1n) is 8.22. The largest absolute Gasteiger partial charge is 0.457 e. The number of esters is 1. The first-order chi connectivity index (χ1) is 13.2. The molecule has 3 aromatic heterocycles. The van der Waals surface area contributed by atoms with Gasteiger partial charge in [0.25, 0.3) is 5.89 Å². The van der Waals surface area contributed by atoms with Crippen molar-refractivity contribution in [2.45, 2.75) is 13.5 Å². The van der Waals surface area contributed by atoms with E-state index in [1.54, 1.807) is 37.4 Å². The topological polar surface area (TPSA) is 93.4 Å². The van der Waals surface area contributed by atoms with Crippen LogP contribution < -0.4 is 0 Å². The van der Waals surface area contributed by atoms with Crippen molar-refractivity contribution in [2.24, 2.45) is 0 Å². The van der Waals surface area contributed by atoms with Gasteiger partial charge in [0.05, 0.1) is 16.6 Å². The minimum Gasteiger partial charge on any atom is -0.457 e. The molecule has 0 spiro atoms. The highest BCUT2D eigenvalue weighted by atomic mass is 16.5. The lowest BCUT2D eigenvalue weighted by atomic mass is 10.1. The van der Waals surface area contributed by atoms with Crippen molar-refractivity contribution in [1.29, 1.82) is 5.26 Å². The highest BCUT2D eigenvalue weighted by molar-refractivity contribution is 5.90. The Morgan fingerprint density at radius 1 is 1.26 bits per heavy atom. The average molecular weight is 358 g/mol. The van der Waals surface area contributed by atoms with Gasteiger partial charge < -0.3 is 13.7 Å². The zero-order valence-electron chi connectivity index (χ0n) is 14.4. The number of aromatic nitrogens is 3. The molecule has 3 heterocycles. The van der Waals surface area contributed by atoms with Gasteiger partial charge in [0.1, 0.15) is 12.7 Å². The molecule has 4 rings (SSSR count). The van der Waals surface area contributed by atoms with Crippen molar-refractivity contribution in [3.05, 3.63) is 77.4 Å². The maximum atomic E-state index is 12.3. The van der Waals surface area contributed by atoms with E-state index in [9.17, 15) is 10.1 Å². The molecule has 0 radical (unpaired) electrons. The zero-order chi connectivity index (χ0) is 18.8. The number of nitrogens with zero attached hydrogens (tertiary/aromatic N) is 4. The quantitative estimate of drug-likeness (QED) is 0.518. The fourth-order valence-corrected chi connectivity index (χ4v) is 2.81. The second-order valence-corrected chi connectivity index (χ2v) is 5.93. The normalized spacial score (nSPS) is 10.7. The summed E-state index contributed by atoms with van der Waals surface area (Å²) in [7, 11) is 0. The lowest BCUT2D eigenvalue weighted by molar-refractivity contribution is 0.0472. The van der Waals surface area contributed by atoms with Crippen LogP contribution in [0.2, 0.25) is 0 Å². The number of hydrogen-bond donors (Lipinski definition) is 0. The van der Waals surface area contributed by atoms with E-state index in [2.05, 4.69) is 16.2 Å². The minimum absolute atomic E-state index is 0.0218. The van der Waals surface area contributed by atoms with Crippen LogP contribution in [0.4, 0.5) is 0 Å². The number of rotatable bonds is 4. The van der Waals surface area contributed by atoms with Gasteiger partial charge in [-0.3, -0.25) is 0 Å². The van der Waals surface area contributed by atoms with E-state index in [0.717, 1.165) is 11.1 Å². The second kappa shape index (κ2) is 6.77. The van der Waals surface area contributed by atoms with Gasteiger partial charge in [-0.2, -0.15) is 10.2 Å². The third-order valence-corrected chi connectivity index (χ3v) is 4.13. The van der Waals surface area contributed by atoms with E-state index < -0.39 is 5.97 Å². The number of hydrogen-bond acceptors (Lipinski definition) is 6. The van der Waals surface area contributed by atoms with Gasteiger partial charge in [-0.25, -0.2) is 4.79 Å². The van der Waals surface area contributed by atoms with E-state index in [1.807, 2.05) is 28.8 Å². The van der Waals surface area contributed by atoms with Crippen LogP contribution in [-0.2, 0) is 11.3 Å². The lowest BCUT2D eigenvalue weighted by Crippen LogP contribution is -2.05. The molecule has 27 heavy (non-hydrogen) atoms. The van der Waals surface area contributed by atoms with E-state index in [0.29, 0.717) is 28.4 Å². The van der Waals surface area contributed by atoms with Crippen LogP contribution in [-0.4, -0.2) is 20.5 Å². The first-order valence-corrected chi connectivity index (χ1v) is 8.22. The van der Waals surface area contributed by atoms with Crippen molar-refractivity contribution in [3.8, 4) is 17.5 Å². The molecule has 1 aromatic carbocycles. The standard InChI is InChI=1S/C20H14N4O3/c1-13-22-19(27-23-13)14-5-7-15(8-6-14)20(25)26-12-16-11-24-9-3-2-4-18(24)17(16)10-21/h2-9,11H,12H2,1H3. The fraction of sp³-hybridized carbons (Fsp3) is 0.100. The van der Waals surface area contributed by atoms with Crippen molar-refractivity contribution in [3.63, 3.8) is 0 Å². The summed E-state index contributed by atoms with van der Waals surface area (Å²) in [5.41, 5.74) is 3.07. The zero-order valence-corrected chi connectivity index (χ0v) is 14.4. The molecule has 0 aliphatic rings. The van der Waals surface area contributed by atoms with Crippen molar-refractivity contribution < 1.29 is 14.1 Å². The Morgan fingerprint density at radius 2 is 2.07 bits per heavy atom. The van der Waals surface area contributed by atoms with Gasteiger partial charge in [0.15, 0.2) is 5.82 Å².